The highest BCUT2D eigenvalue weighted by molar-refractivity contribution is 7.89. The Morgan fingerprint density at radius 1 is 1.11 bits per heavy atom. The average molecular weight is 503 g/mol. The van der Waals surface area contributed by atoms with Gasteiger partial charge in [0.2, 0.25) is 22.0 Å². The number of para-hydroxylation sites is 2. The molecule has 0 unspecified atom stereocenters. The summed E-state index contributed by atoms with van der Waals surface area (Å²) in [5.74, 6) is 0.0284. The zero-order valence-corrected chi connectivity index (χ0v) is 20.9. The summed E-state index contributed by atoms with van der Waals surface area (Å²) in [6.45, 7) is 4.71. The lowest BCUT2D eigenvalue weighted by molar-refractivity contribution is -0.148. The molecule has 1 fully saturated rings. The molecular weight excluding hydrogens is 472 g/mol. The summed E-state index contributed by atoms with van der Waals surface area (Å²) in [6.07, 6.45) is -0.144. The molecule has 2 heterocycles. The molecule has 2 aromatic rings. The van der Waals surface area contributed by atoms with Crippen LogP contribution in [0.15, 0.2) is 47.4 Å². The van der Waals surface area contributed by atoms with Crippen molar-refractivity contribution in [2.24, 2.45) is 5.92 Å². The number of hydrogen-bond acceptors (Lipinski definition) is 7. The summed E-state index contributed by atoms with van der Waals surface area (Å²) in [6, 6.07) is 11.9. The van der Waals surface area contributed by atoms with Crippen LogP contribution in [0.3, 0.4) is 0 Å². The summed E-state index contributed by atoms with van der Waals surface area (Å²) in [7, 11) is -2.41. The molecule has 2 aliphatic rings. The first kappa shape index (κ1) is 25.0. The number of hydrogen-bond donors (Lipinski definition) is 0. The number of carbonyl (C=O) groups is 2. The minimum absolute atomic E-state index is 0.0481. The van der Waals surface area contributed by atoms with Crippen molar-refractivity contribution in [1.82, 2.24) is 4.31 Å². The van der Waals surface area contributed by atoms with Gasteiger partial charge in [0.05, 0.1) is 30.8 Å². The van der Waals surface area contributed by atoms with Crippen LogP contribution in [0.1, 0.15) is 25.3 Å². The van der Waals surface area contributed by atoms with Crippen molar-refractivity contribution < 1.29 is 32.2 Å². The van der Waals surface area contributed by atoms with Crippen LogP contribution in [-0.4, -0.2) is 64.1 Å². The molecule has 0 radical (unpaired) electrons. The zero-order valence-electron chi connectivity index (χ0n) is 20.1. The number of nitrogens with zero attached hydrogens (tertiary/aromatic N) is 2. The monoisotopic (exact) mass is 502 g/mol. The van der Waals surface area contributed by atoms with Crippen molar-refractivity contribution in [2.45, 2.75) is 37.7 Å². The number of benzene rings is 2. The first-order valence-electron chi connectivity index (χ1n) is 11.6. The van der Waals surface area contributed by atoms with Crippen LogP contribution in [0.25, 0.3) is 0 Å². The van der Waals surface area contributed by atoms with Crippen molar-refractivity contribution in [1.29, 1.82) is 0 Å². The van der Waals surface area contributed by atoms with Crippen LogP contribution in [0, 0.1) is 12.8 Å². The van der Waals surface area contributed by atoms with Gasteiger partial charge in [0.25, 0.3) is 0 Å². The van der Waals surface area contributed by atoms with E-state index in [1.807, 2.05) is 13.8 Å². The standard InChI is InChI=1S/C25H30N2O7S/c1-4-33-21-10-9-19(15-17(21)2)35(30,31)26-13-11-18(12-14-26)24(28)27-16-23(25(29)32-3)34-22-8-6-5-7-20(22)27/h5-10,15,18,23H,4,11-14,16H2,1-3H3/t23-/m0/s1. The maximum absolute atomic E-state index is 13.5. The van der Waals surface area contributed by atoms with E-state index < -0.39 is 22.1 Å². The SMILES string of the molecule is CCOc1ccc(S(=O)(=O)N2CCC(C(=O)N3C[C@@H](C(=O)OC)Oc4ccccc43)CC2)cc1C. The molecular formula is C25H30N2O7S. The van der Waals surface area contributed by atoms with E-state index in [4.69, 9.17) is 14.2 Å². The summed E-state index contributed by atoms with van der Waals surface area (Å²) in [4.78, 5) is 27.4. The van der Waals surface area contributed by atoms with E-state index in [1.54, 1.807) is 47.4 Å². The lowest BCUT2D eigenvalue weighted by atomic mass is 9.95. The second-order valence-corrected chi connectivity index (χ2v) is 10.5. The number of ether oxygens (including phenoxy) is 3. The van der Waals surface area contributed by atoms with Crippen molar-refractivity contribution in [2.75, 3.05) is 38.3 Å². The van der Waals surface area contributed by atoms with Crippen molar-refractivity contribution in [3.63, 3.8) is 0 Å². The van der Waals surface area contributed by atoms with Crippen LogP contribution in [0.2, 0.25) is 0 Å². The molecule has 9 nitrogen and oxygen atoms in total. The number of anilines is 1. The predicted molar refractivity (Wildman–Crippen MR) is 129 cm³/mol. The highest BCUT2D eigenvalue weighted by atomic mass is 32.2. The number of sulfonamides is 1. The molecule has 188 valence electrons. The number of rotatable bonds is 6. The number of methoxy groups -OCH3 is 1. The predicted octanol–water partition coefficient (Wildman–Crippen LogP) is 2.76. The Kier molecular flexibility index (Phi) is 7.32. The van der Waals surface area contributed by atoms with Gasteiger partial charge in [-0.1, -0.05) is 12.1 Å². The van der Waals surface area contributed by atoms with Gasteiger partial charge in [-0.2, -0.15) is 4.31 Å². The quantitative estimate of drug-likeness (QED) is 0.560. The molecule has 35 heavy (non-hydrogen) atoms. The van der Waals surface area contributed by atoms with Gasteiger partial charge in [-0.25, -0.2) is 13.2 Å². The Bertz CT molecular complexity index is 1210. The number of fused-ring (bicyclic) bond motifs is 1. The van der Waals surface area contributed by atoms with E-state index in [0.29, 0.717) is 36.6 Å². The lowest BCUT2D eigenvalue weighted by Gasteiger charge is -2.37. The topological polar surface area (TPSA) is 102 Å². The Labute approximate surface area is 205 Å². The Hall–Kier alpha value is -3.11. The van der Waals surface area contributed by atoms with Gasteiger partial charge in [0.1, 0.15) is 11.5 Å². The summed E-state index contributed by atoms with van der Waals surface area (Å²) in [5.41, 5.74) is 1.35. The Morgan fingerprint density at radius 2 is 1.83 bits per heavy atom. The molecule has 0 aliphatic carbocycles. The highest BCUT2D eigenvalue weighted by Gasteiger charge is 2.39. The van der Waals surface area contributed by atoms with E-state index in [-0.39, 0.29) is 36.4 Å². The third kappa shape index (κ3) is 4.99. The lowest BCUT2D eigenvalue weighted by Crippen LogP contribution is -2.51. The molecule has 0 N–H and O–H groups in total. The van der Waals surface area contributed by atoms with Gasteiger partial charge in [0, 0.05) is 19.0 Å². The molecule has 1 saturated heterocycles. The van der Waals surface area contributed by atoms with Crippen molar-refractivity contribution >= 4 is 27.6 Å². The first-order valence-corrected chi connectivity index (χ1v) is 13.1. The number of esters is 1. The van der Waals surface area contributed by atoms with E-state index in [2.05, 4.69) is 0 Å². The molecule has 0 bridgehead atoms. The van der Waals surface area contributed by atoms with E-state index >= 15 is 0 Å². The fourth-order valence-corrected chi connectivity index (χ4v) is 6.07. The van der Waals surface area contributed by atoms with Gasteiger partial charge in [-0.05, 0) is 62.6 Å². The van der Waals surface area contributed by atoms with Crippen LogP contribution in [-0.2, 0) is 24.3 Å². The average Bonchev–Trinajstić information content (AvgIpc) is 2.88. The fraction of sp³-hybridized carbons (Fsp3) is 0.440. The Morgan fingerprint density at radius 3 is 2.49 bits per heavy atom. The van der Waals surface area contributed by atoms with Crippen LogP contribution >= 0.6 is 0 Å². The molecule has 0 spiro atoms. The smallest absolute Gasteiger partial charge is 0.348 e. The molecule has 2 aliphatic heterocycles. The van der Waals surface area contributed by atoms with Gasteiger partial charge in [-0.3, -0.25) is 4.79 Å². The van der Waals surface area contributed by atoms with Gasteiger partial charge >= 0.3 is 5.97 Å². The van der Waals surface area contributed by atoms with Crippen LogP contribution in [0.5, 0.6) is 11.5 Å². The number of carbonyl (C=O) groups excluding carboxylic acids is 2. The number of piperidine rings is 1. The van der Waals surface area contributed by atoms with Crippen molar-refractivity contribution in [3.8, 4) is 11.5 Å². The maximum atomic E-state index is 13.5. The number of amides is 1. The fourth-order valence-electron chi connectivity index (χ4n) is 4.51. The third-order valence-electron chi connectivity index (χ3n) is 6.39. The van der Waals surface area contributed by atoms with Gasteiger partial charge in [0.15, 0.2) is 0 Å². The normalized spacial score (nSPS) is 18.9. The molecule has 0 aromatic heterocycles. The molecule has 1 atom stereocenters. The maximum Gasteiger partial charge on any atom is 0.348 e. The van der Waals surface area contributed by atoms with E-state index in [1.165, 1.54) is 11.4 Å². The first-order chi connectivity index (χ1) is 16.8. The minimum Gasteiger partial charge on any atom is -0.494 e. The van der Waals surface area contributed by atoms with Gasteiger partial charge in [-0.15, -0.1) is 0 Å². The van der Waals surface area contributed by atoms with Gasteiger partial charge < -0.3 is 19.1 Å². The molecule has 0 saturated carbocycles. The summed E-state index contributed by atoms with van der Waals surface area (Å²) < 4.78 is 43.9. The molecule has 10 heteroatoms. The molecule has 4 rings (SSSR count). The summed E-state index contributed by atoms with van der Waals surface area (Å²) >= 11 is 0. The van der Waals surface area contributed by atoms with E-state index in [0.717, 1.165) is 5.56 Å². The van der Waals surface area contributed by atoms with Crippen LogP contribution < -0.4 is 14.4 Å². The third-order valence-corrected chi connectivity index (χ3v) is 8.29. The van der Waals surface area contributed by atoms with Crippen LogP contribution in [0.4, 0.5) is 5.69 Å². The Balaban J connectivity index is 1.47. The van der Waals surface area contributed by atoms with E-state index in [9.17, 15) is 18.0 Å². The highest BCUT2D eigenvalue weighted by Crippen LogP contribution is 2.36. The molecule has 1 amide bonds. The largest absolute Gasteiger partial charge is 0.494 e. The minimum atomic E-state index is -3.69. The zero-order chi connectivity index (χ0) is 25.2. The summed E-state index contributed by atoms with van der Waals surface area (Å²) in [5, 5.41) is 0. The second-order valence-electron chi connectivity index (χ2n) is 8.58. The number of aryl methyl sites for hydroxylation is 1. The second kappa shape index (κ2) is 10.2. The van der Waals surface area contributed by atoms with Crippen molar-refractivity contribution in [3.05, 3.63) is 48.0 Å². The molecule has 2 aromatic carbocycles.